The number of carbonyl (C=O) groups is 2. The lowest BCUT2D eigenvalue weighted by atomic mass is 9.90. The number of amides is 2. The van der Waals surface area contributed by atoms with Gasteiger partial charge in [-0.25, -0.2) is 14.8 Å². The number of nitrogens with zero attached hydrogens (tertiary/aromatic N) is 4. The number of methoxy groups -OCH3 is 1. The smallest absolute Gasteiger partial charge is 0.412 e. The molecule has 2 aromatic heterocycles. The van der Waals surface area contributed by atoms with E-state index >= 15 is 0 Å². The van der Waals surface area contributed by atoms with Crippen molar-refractivity contribution < 1.29 is 14.3 Å². The molecule has 2 N–H and O–H groups in total. The number of ether oxygens (including phenoxy) is 1. The molecule has 4 rings (SSSR count). The highest BCUT2D eigenvalue weighted by molar-refractivity contribution is 6.04. The van der Waals surface area contributed by atoms with Crippen LogP contribution in [0.1, 0.15) is 35.5 Å². The molecule has 0 unspecified atom stereocenters. The Bertz CT molecular complexity index is 1560. The predicted octanol–water partition coefficient (Wildman–Crippen LogP) is 5.75. The highest BCUT2D eigenvalue weighted by atomic mass is 16.5. The van der Waals surface area contributed by atoms with Crippen molar-refractivity contribution in [3.63, 3.8) is 0 Å². The fourth-order valence-electron chi connectivity index (χ4n) is 3.77. The normalized spacial score (nSPS) is 10.8. The minimum absolute atomic E-state index is 0.294. The summed E-state index contributed by atoms with van der Waals surface area (Å²) < 4.78 is 4.63. The molecule has 0 aliphatic heterocycles. The molecule has 0 saturated carbocycles. The number of carbonyl (C=O) groups excluding carboxylic acids is 2. The number of aryl methyl sites for hydroxylation is 1. The third-order valence-electron chi connectivity index (χ3n) is 5.99. The number of benzene rings is 2. The lowest BCUT2D eigenvalue weighted by Gasteiger charge is -2.15. The van der Waals surface area contributed by atoms with E-state index < -0.39 is 11.5 Å². The topological polar surface area (TPSA) is 130 Å². The maximum Gasteiger partial charge on any atom is 0.412 e. The highest BCUT2D eigenvalue weighted by Crippen LogP contribution is 2.30. The predicted molar refractivity (Wildman–Crippen MR) is 144 cm³/mol. The Morgan fingerprint density at radius 3 is 2.50 bits per heavy atom. The SMILES string of the molecule is COC(=O)Nc1cc(-c2cccc(-c3cc(NC(=O)c4ccnc(C(C)(C)C#N)c4)ccc3C)c2)ncn1. The van der Waals surface area contributed by atoms with Gasteiger partial charge in [0.25, 0.3) is 5.91 Å². The molecule has 0 aliphatic rings. The number of nitrogens with one attached hydrogen (secondary N) is 2. The second-order valence-corrected chi connectivity index (χ2v) is 9.14. The number of rotatable bonds is 6. The second kappa shape index (κ2) is 10.9. The maximum atomic E-state index is 13.0. The Morgan fingerprint density at radius 1 is 0.947 bits per heavy atom. The molecule has 0 spiro atoms. The van der Waals surface area contributed by atoms with Crippen LogP contribution in [0, 0.1) is 18.3 Å². The van der Waals surface area contributed by atoms with Crippen LogP contribution < -0.4 is 10.6 Å². The van der Waals surface area contributed by atoms with Crippen molar-refractivity contribution in [1.29, 1.82) is 5.26 Å². The van der Waals surface area contributed by atoms with Gasteiger partial charge in [-0.3, -0.25) is 15.1 Å². The van der Waals surface area contributed by atoms with Crippen molar-refractivity contribution in [2.75, 3.05) is 17.7 Å². The van der Waals surface area contributed by atoms with Gasteiger partial charge in [0.1, 0.15) is 12.1 Å². The van der Waals surface area contributed by atoms with Crippen LogP contribution in [0.4, 0.5) is 16.3 Å². The van der Waals surface area contributed by atoms with Gasteiger partial charge in [0.05, 0.1) is 30.0 Å². The molecule has 4 aromatic rings. The zero-order valence-corrected chi connectivity index (χ0v) is 21.4. The summed E-state index contributed by atoms with van der Waals surface area (Å²) in [5.41, 5.74) is 5.12. The van der Waals surface area contributed by atoms with Crippen molar-refractivity contribution in [3.05, 3.63) is 90.0 Å². The standard InChI is InChI=1S/C29H26N6O3/c1-18-8-9-22(34-27(36)21-10-11-31-25(13-21)29(2,3)16-30)14-23(18)19-6-5-7-20(12-19)24-15-26(33-17-32-24)35-28(37)38-4/h5-15,17H,1-4H3,(H,34,36)(H,32,33,35,37). The summed E-state index contributed by atoms with van der Waals surface area (Å²) in [6, 6.07) is 20.6. The van der Waals surface area contributed by atoms with Crippen LogP contribution in [0.25, 0.3) is 22.4 Å². The van der Waals surface area contributed by atoms with Gasteiger partial charge in [0, 0.05) is 29.1 Å². The quantitative estimate of drug-likeness (QED) is 0.341. The first kappa shape index (κ1) is 26.0. The zero-order chi connectivity index (χ0) is 27.3. The fourth-order valence-corrected chi connectivity index (χ4v) is 3.77. The summed E-state index contributed by atoms with van der Waals surface area (Å²) in [6.07, 6.45) is 2.29. The molecule has 0 saturated heterocycles. The molecule has 190 valence electrons. The van der Waals surface area contributed by atoms with E-state index in [1.165, 1.54) is 19.6 Å². The summed E-state index contributed by atoms with van der Waals surface area (Å²) in [5.74, 6) is 0.0307. The third-order valence-corrected chi connectivity index (χ3v) is 5.99. The number of hydrogen-bond donors (Lipinski definition) is 2. The van der Waals surface area contributed by atoms with Gasteiger partial charge in [-0.05, 0) is 67.8 Å². The first-order chi connectivity index (χ1) is 18.2. The van der Waals surface area contributed by atoms with Gasteiger partial charge < -0.3 is 10.1 Å². The van der Waals surface area contributed by atoms with Gasteiger partial charge in [-0.15, -0.1) is 0 Å². The van der Waals surface area contributed by atoms with Gasteiger partial charge >= 0.3 is 6.09 Å². The minimum atomic E-state index is -0.807. The Balaban J connectivity index is 1.60. The molecular formula is C29H26N6O3. The molecular weight excluding hydrogens is 480 g/mol. The van der Waals surface area contributed by atoms with Gasteiger partial charge in [0.2, 0.25) is 0 Å². The first-order valence-electron chi connectivity index (χ1n) is 11.8. The monoisotopic (exact) mass is 506 g/mol. The second-order valence-electron chi connectivity index (χ2n) is 9.14. The van der Waals surface area contributed by atoms with E-state index in [0.717, 1.165) is 22.3 Å². The Kier molecular flexibility index (Phi) is 7.44. The summed E-state index contributed by atoms with van der Waals surface area (Å²) >= 11 is 0. The first-order valence-corrected chi connectivity index (χ1v) is 11.8. The van der Waals surface area contributed by atoms with Crippen LogP contribution in [-0.4, -0.2) is 34.1 Å². The van der Waals surface area contributed by atoms with Crippen molar-refractivity contribution >= 4 is 23.5 Å². The van der Waals surface area contributed by atoms with Gasteiger partial charge in [-0.1, -0.05) is 24.3 Å². The molecule has 0 aliphatic carbocycles. The van der Waals surface area contributed by atoms with E-state index in [4.69, 9.17) is 0 Å². The number of anilines is 2. The van der Waals surface area contributed by atoms with Crippen LogP contribution in [0.5, 0.6) is 0 Å². The molecule has 0 radical (unpaired) electrons. The van der Waals surface area contributed by atoms with E-state index in [1.807, 2.05) is 49.4 Å². The van der Waals surface area contributed by atoms with Crippen LogP contribution in [0.2, 0.25) is 0 Å². The Morgan fingerprint density at radius 2 is 1.74 bits per heavy atom. The Labute approximate surface area is 220 Å². The van der Waals surface area contributed by atoms with Crippen LogP contribution in [0.3, 0.4) is 0 Å². The number of nitriles is 1. The third kappa shape index (κ3) is 5.82. The van der Waals surface area contributed by atoms with Crippen molar-refractivity contribution in [1.82, 2.24) is 15.0 Å². The van der Waals surface area contributed by atoms with Crippen LogP contribution in [0.15, 0.2) is 73.2 Å². The molecule has 38 heavy (non-hydrogen) atoms. The summed E-state index contributed by atoms with van der Waals surface area (Å²) in [6.45, 7) is 5.51. The number of pyridine rings is 1. The fraction of sp³-hybridized carbons (Fsp3) is 0.172. The van der Waals surface area contributed by atoms with E-state index in [-0.39, 0.29) is 5.91 Å². The summed E-state index contributed by atoms with van der Waals surface area (Å²) in [7, 11) is 1.28. The molecule has 0 atom stereocenters. The van der Waals surface area contributed by atoms with Crippen molar-refractivity contribution in [3.8, 4) is 28.5 Å². The van der Waals surface area contributed by atoms with Crippen LogP contribution >= 0.6 is 0 Å². The van der Waals surface area contributed by atoms with Crippen molar-refractivity contribution in [2.45, 2.75) is 26.2 Å². The highest BCUT2D eigenvalue weighted by Gasteiger charge is 2.22. The average molecular weight is 507 g/mol. The minimum Gasteiger partial charge on any atom is -0.453 e. The Hall–Kier alpha value is -5.10. The van der Waals surface area contributed by atoms with E-state index in [1.54, 1.807) is 32.0 Å². The van der Waals surface area contributed by atoms with E-state index in [2.05, 4.69) is 36.4 Å². The largest absolute Gasteiger partial charge is 0.453 e. The summed E-state index contributed by atoms with van der Waals surface area (Å²) in [5, 5.41) is 14.9. The van der Waals surface area contributed by atoms with E-state index in [9.17, 15) is 14.9 Å². The zero-order valence-electron chi connectivity index (χ0n) is 21.4. The van der Waals surface area contributed by atoms with Gasteiger partial charge in [0.15, 0.2) is 0 Å². The molecule has 9 nitrogen and oxygen atoms in total. The average Bonchev–Trinajstić information content (AvgIpc) is 2.94. The maximum absolute atomic E-state index is 13.0. The molecule has 0 bridgehead atoms. The number of hydrogen-bond acceptors (Lipinski definition) is 7. The molecule has 2 heterocycles. The van der Waals surface area contributed by atoms with Crippen LogP contribution in [-0.2, 0) is 10.2 Å². The lowest BCUT2D eigenvalue weighted by Crippen LogP contribution is -2.18. The van der Waals surface area contributed by atoms with E-state index in [0.29, 0.717) is 28.5 Å². The molecule has 2 aromatic carbocycles. The lowest BCUT2D eigenvalue weighted by molar-refractivity contribution is 0.102. The molecule has 9 heteroatoms. The molecule has 2 amide bonds. The summed E-state index contributed by atoms with van der Waals surface area (Å²) in [4.78, 5) is 37.2. The van der Waals surface area contributed by atoms with Crippen molar-refractivity contribution in [2.24, 2.45) is 0 Å². The van der Waals surface area contributed by atoms with Gasteiger partial charge in [-0.2, -0.15) is 5.26 Å². The number of aromatic nitrogens is 3. The molecule has 0 fully saturated rings.